The largest absolute Gasteiger partial charge is 0.492 e. The van der Waals surface area contributed by atoms with Crippen LogP contribution in [0.3, 0.4) is 0 Å². The number of hydrogen-bond acceptors (Lipinski definition) is 6. The highest BCUT2D eigenvalue weighted by Gasteiger charge is 2.33. The topological polar surface area (TPSA) is 79.0 Å². The summed E-state index contributed by atoms with van der Waals surface area (Å²) in [5.41, 5.74) is 2.41. The van der Waals surface area contributed by atoms with Gasteiger partial charge in [0, 0.05) is 30.6 Å². The Morgan fingerprint density at radius 3 is 2.76 bits per heavy atom. The number of nitrogens with zero attached hydrogens (tertiary/aromatic N) is 4. The third-order valence-electron chi connectivity index (χ3n) is 6.31. The van der Waals surface area contributed by atoms with Crippen molar-refractivity contribution in [3.63, 3.8) is 0 Å². The molecule has 180 valence electrons. The zero-order valence-corrected chi connectivity index (χ0v) is 19.0. The summed E-state index contributed by atoms with van der Waals surface area (Å²) in [5, 5.41) is 11.0. The van der Waals surface area contributed by atoms with Crippen LogP contribution in [0.4, 0.5) is 19.0 Å². The van der Waals surface area contributed by atoms with Gasteiger partial charge in [-0.3, -0.25) is 15.0 Å². The summed E-state index contributed by atoms with van der Waals surface area (Å²) in [6.07, 6.45) is 1.93. The number of aromatic amines is 1. The van der Waals surface area contributed by atoms with E-state index in [-0.39, 0.29) is 18.6 Å². The second-order valence-electron chi connectivity index (χ2n) is 8.88. The van der Waals surface area contributed by atoms with Crippen molar-refractivity contribution in [1.82, 2.24) is 25.1 Å². The van der Waals surface area contributed by atoms with Crippen LogP contribution in [0.25, 0.3) is 16.5 Å². The van der Waals surface area contributed by atoms with Crippen molar-refractivity contribution >= 4 is 22.3 Å². The number of H-pyrrole nitrogens is 1. The summed E-state index contributed by atoms with van der Waals surface area (Å²) in [4.78, 5) is 11.4. The van der Waals surface area contributed by atoms with Gasteiger partial charge in [-0.25, -0.2) is 4.98 Å². The fourth-order valence-corrected chi connectivity index (χ4v) is 4.64. The Bertz CT molecular complexity index is 1180. The summed E-state index contributed by atoms with van der Waals surface area (Å²) in [6, 6.07) is 3.86. The highest BCUT2D eigenvalue weighted by Crippen LogP contribution is 2.42. The fraction of sp³-hybridized carbons (Fsp3) is 0.458. The summed E-state index contributed by atoms with van der Waals surface area (Å²) < 4.78 is 46.3. The van der Waals surface area contributed by atoms with Crippen LogP contribution in [-0.4, -0.2) is 63.5 Å². The van der Waals surface area contributed by atoms with Crippen LogP contribution < -0.4 is 10.1 Å². The van der Waals surface area contributed by atoms with Crippen LogP contribution in [0, 0.1) is 0 Å². The average Bonchev–Trinajstić information content (AvgIpc) is 3.18. The lowest BCUT2D eigenvalue weighted by Crippen LogP contribution is -2.54. The van der Waals surface area contributed by atoms with Gasteiger partial charge in [-0.1, -0.05) is 13.3 Å². The number of rotatable bonds is 7. The van der Waals surface area contributed by atoms with E-state index >= 15 is 0 Å². The van der Waals surface area contributed by atoms with E-state index < -0.39 is 12.6 Å². The van der Waals surface area contributed by atoms with Crippen LogP contribution in [0.5, 0.6) is 5.75 Å². The predicted octanol–water partition coefficient (Wildman–Crippen LogP) is 4.79. The first kappa shape index (κ1) is 22.6. The van der Waals surface area contributed by atoms with Gasteiger partial charge in [0.05, 0.1) is 54.3 Å². The maximum absolute atomic E-state index is 13.5. The summed E-state index contributed by atoms with van der Waals surface area (Å²) >= 11 is 0. The number of likely N-dealkylation sites (tertiary alicyclic amines) is 1. The molecule has 1 aromatic carbocycles. The number of unbranched alkanes of at least 4 members (excludes halogenated alkanes) is 1. The number of alkyl halides is 3. The van der Waals surface area contributed by atoms with E-state index in [4.69, 9.17) is 4.74 Å². The summed E-state index contributed by atoms with van der Waals surface area (Å²) in [7, 11) is 0. The molecule has 2 aliphatic heterocycles. The zero-order chi connectivity index (χ0) is 23.7. The molecule has 0 amide bonds. The molecule has 0 bridgehead atoms. The highest BCUT2D eigenvalue weighted by molar-refractivity contribution is 5.94. The molecule has 0 aliphatic carbocycles. The van der Waals surface area contributed by atoms with Gasteiger partial charge in [0.2, 0.25) is 0 Å². The number of hydrogen-bond donors (Lipinski definition) is 2. The van der Waals surface area contributed by atoms with Gasteiger partial charge in [0.25, 0.3) is 0 Å². The average molecular weight is 473 g/mol. The maximum Gasteiger partial charge on any atom is 0.392 e. The van der Waals surface area contributed by atoms with Gasteiger partial charge in [-0.15, -0.1) is 0 Å². The monoisotopic (exact) mass is 472 g/mol. The molecule has 34 heavy (non-hydrogen) atoms. The lowest BCUT2D eigenvalue weighted by Gasteiger charge is -2.39. The van der Waals surface area contributed by atoms with Gasteiger partial charge >= 0.3 is 6.18 Å². The van der Waals surface area contributed by atoms with Gasteiger partial charge < -0.3 is 10.1 Å². The van der Waals surface area contributed by atoms with Crippen molar-refractivity contribution in [2.24, 2.45) is 0 Å². The Morgan fingerprint density at radius 2 is 2.03 bits per heavy atom. The Kier molecular flexibility index (Phi) is 6.16. The van der Waals surface area contributed by atoms with Gasteiger partial charge in [-0.05, 0) is 30.7 Å². The minimum Gasteiger partial charge on any atom is -0.492 e. The third kappa shape index (κ3) is 4.72. The highest BCUT2D eigenvalue weighted by atomic mass is 19.4. The standard InChI is InChI=1S/C24H27F3N6O/c1-2-3-7-33-13-16(14-33)31-21-12-28-20(11-29-21)22-15(9-24(25,26)27)6-8-34-23-17(22)4-5-19-18(23)10-30-32-19/h4-5,10-12,16H,2-3,6-9,13-14H2,1H3,(H,29,31)(H,30,32). The molecule has 0 unspecified atom stereocenters. The molecular formula is C24H27F3N6O. The molecule has 2 aliphatic rings. The molecule has 7 nitrogen and oxygen atoms in total. The van der Waals surface area contributed by atoms with Crippen molar-refractivity contribution in [2.45, 2.75) is 44.8 Å². The van der Waals surface area contributed by atoms with E-state index in [0.29, 0.717) is 34.4 Å². The predicted molar refractivity (Wildman–Crippen MR) is 124 cm³/mol. The minimum absolute atomic E-state index is 0.148. The van der Waals surface area contributed by atoms with Crippen molar-refractivity contribution in [3.8, 4) is 5.75 Å². The Morgan fingerprint density at radius 1 is 1.18 bits per heavy atom. The summed E-state index contributed by atoms with van der Waals surface area (Å²) in [5.74, 6) is 1.14. The molecular weight excluding hydrogens is 445 g/mol. The van der Waals surface area contributed by atoms with E-state index in [0.717, 1.165) is 30.5 Å². The number of nitrogens with one attached hydrogen (secondary N) is 2. The Balaban J connectivity index is 1.44. The second-order valence-corrected chi connectivity index (χ2v) is 8.88. The molecule has 0 radical (unpaired) electrons. The number of benzene rings is 1. The molecule has 1 saturated heterocycles. The SMILES string of the molecule is CCCCN1CC(Nc2cnc(C3=C(CC(F)(F)F)CCOc4c3ccc3[nH]ncc43)cn2)C1. The van der Waals surface area contributed by atoms with Crippen LogP contribution in [0.1, 0.15) is 43.9 Å². The van der Waals surface area contributed by atoms with E-state index in [1.54, 1.807) is 30.7 Å². The van der Waals surface area contributed by atoms with E-state index in [9.17, 15) is 13.2 Å². The molecule has 2 aromatic heterocycles. The number of aromatic nitrogens is 4. The van der Waals surface area contributed by atoms with E-state index in [2.05, 4.69) is 37.3 Å². The number of halogens is 3. The van der Waals surface area contributed by atoms with Crippen molar-refractivity contribution in [3.05, 3.63) is 47.6 Å². The first-order valence-corrected chi connectivity index (χ1v) is 11.6. The molecule has 10 heteroatoms. The van der Waals surface area contributed by atoms with Crippen LogP contribution >= 0.6 is 0 Å². The molecule has 0 saturated carbocycles. The lowest BCUT2D eigenvalue weighted by atomic mass is 9.92. The first-order chi connectivity index (χ1) is 16.4. The molecule has 1 fully saturated rings. The normalized spacial score (nSPS) is 17.3. The second kappa shape index (κ2) is 9.25. The van der Waals surface area contributed by atoms with Crippen molar-refractivity contribution in [1.29, 1.82) is 0 Å². The lowest BCUT2D eigenvalue weighted by molar-refractivity contribution is -0.127. The molecule has 5 rings (SSSR count). The van der Waals surface area contributed by atoms with Crippen LogP contribution in [0.2, 0.25) is 0 Å². The molecule has 0 spiro atoms. The van der Waals surface area contributed by atoms with Gasteiger partial charge in [0.1, 0.15) is 11.6 Å². The molecule has 3 aromatic rings. The minimum atomic E-state index is -4.34. The Labute approximate surface area is 195 Å². The molecule has 2 N–H and O–H groups in total. The quantitative estimate of drug-likeness (QED) is 0.515. The van der Waals surface area contributed by atoms with Gasteiger partial charge in [0.15, 0.2) is 0 Å². The van der Waals surface area contributed by atoms with Crippen LogP contribution in [-0.2, 0) is 0 Å². The number of anilines is 1. The van der Waals surface area contributed by atoms with Crippen molar-refractivity contribution in [2.75, 3.05) is 31.6 Å². The maximum atomic E-state index is 13.5. The van der Waals surface area contributed by atoms with E-state index in [1.165, 1.54) is 12.8 Å². The number of ether oxygens (including phenoxy) is 1. The Hall–Kier alpha value is -3.14. The fourth-order valence-electron chi connectivity index (χ4n) is 4.64. The summed E-state index contributed by atoms with van der Waals surface area (Å²) in [6.45, 7) is 5.33. The van der Waals surface area contributed by atoms with Gasteiger partial charge in [-0.2, -0.15) is 18.3 Å². The zero-order valence-electron chi connectivity index (χ0n) is 19.0. The van der Waals surface area contributed by atoms with Crippen molar-refractivity contribution < 1.29 is 17.9 Å². The molecule has 4 heterocycles. The number of fused-ring (bicyclic) bond motifs is 3. The smallest absolute Gasteiger partial charge is 0.392 e. The first-order valence-electron chi connectivity index (χ1n) is 11.6. The van der Waals surface area contributed by atoms with Crippen LogP contribution in [0.15, 0.2) is 36.3 Å². The molecule has 0 atom stereocenters. The third-order valence-corrected chi connectivity index (χ3v) is 6.31. The van der Waals surface area contributed by atoms with E-state index in [1.807, 2.05) is 0 Å².